The maximum Gasteiger partial charge on any atom is 0.350 e. The van der Waals surface area contributed by atoms with Gasteiger partial charge in [-0.2, -0.15) is 15.2 Å². The van der Waals surface area contributed by atoms with E-state index in [0.29, 0.717) is 0 Å². The lowest BCUT2D eigenvalue weighted by atomic mass is 9.73. The van der Waals surface area contributed by atoms with Crippen molar-refractivity contribution in [2.24, 2.45) is 0 Å². The van der Waals surface area contributed by atoms with Crippen LogP contribution in [0.5, 0.6) is 0 Å². The van der Waals surface area contributed by atoms with Crippen LogP contribution in [0.15, 0.2) is 0 Å². The van der Waals surface area contributed by atoms with Crippen LogP contribution in [-0.4, -0.2) is 98.0 Å². The normalized spacial score (nSPS) is 29.0. The maximum absolute atomic E-state index is 14.1. The second-order valence-electron chi connectivity index (χ2n) is 18.7. The van der Waals surface area contributed by atoms with Gasteiger partial charge in [0.25, 0.3) is 0 Å². The van der Waals surface area contributed by atoms with Gasteiger partial charge in [0.1, 0.15) is 16.8 Å². The fourth-order valence-corrected chi connectivity index (χ4v) is 11.2. The van der Waals surface area contributed by atoms with Crippen LogP contribution in [-0.2, 0) is 14.2 Å². The molecule has 0 spiro atoms. The van der Waals surface area contributed by atoms with Crippen LogP contribution in [0.2, 0.25) is 0 Å². The molecular formula is C33H60N3O9P. The standard InChI is InChI=1S/C33H60N3O9P/c1-25(2)16-31(13,17-26(3,4)34(25)40)43-22(37)46(23(38)44-32(14)18-27(5,6)35(41)28(7,8)19-32)24(39)45-33(15)20-29(9,10)36(42)30(11,12)21-33/h40-42H,16-21H2,1-15H3. The SMILES string of the molecule is CC1(OC(=O)P(C(=O)OC2(C)CC(C)(C)N(O)C(C)(C)C2)C(=O)OC2(C)CC(C)(C)N(O)C(C)(C)C2)CC(C)(C)N(O)C(C)(C)C1. The van der Waals surface area contributed by atoms with Crippen molar-refractivity contribution in [1.29, 1.82) is 0 Å². The van der Waals surface area contributed by atoms with E-state index in [1.165, 1.54) is 15.2 Å². The zero-order valence-corrected chi connectivity index (χ0v) is 31.7. The number of ether oxygens (including phenoxy) is 3. The Kier molecular flexibility index (Phi) is 9.84. The van der Waals surface area contributed by atoms with Gasteiger partial charge < -0.3 is 29.8 Å². The molecule has 3 aliphatic heterocycles. The van der Waals surface area contributed by atoms with Crippen LogP contribution in [0.3, 0.4) is 0 Å². The molecule has 0 aromatic rings. The molecule has 0 unspecified atom stereocenters. The van der Waals surface area contributed by atoms with E-state index in [4.69, 9.17) is 14.2 Å². The second kappa shape index (κ2) is 11.6. The van der Waals surface area contributed by atoms with E-state index in [2.05, 4.69) is 0 Å². The lowest BCUT2D eigenvalue weighted by Crippen LogP contribution is -2.64. The fraction of sp³-hybridized carbons (Fsp3) is 0.909. The molecule has 266 valence electrons. The summed E-state index contributed by atoms with van der Waals surface area (Å²) in [6.07, 6.45) is 1.49. The fourth-order valence-electron chi connectivity index (χ4n) is 9.79. The van der Waals surface area contributed by atoms with Gasteiger partial charge in [-0.1, -0.05) is 0 Å². The zero-order chi connectivity index (χ0) is 35.9. The predicted molar refractivity (Wildman–Crippen MR) is 175 cm³/mol. The first kappa shape index (κ1) is 39.0. The van der Waals surface area contributed by atoms with E-state index in [0.717, 1.165) is 0 Å². The van der Waals surface area contributed by atoms with E-state index in [1.54, 1.807) is 20.8 Å². The van der Waals surface area contributed by atoms with Crippen molar-refractivity contribution in [3.63, 3.8) is 0 Å². The van der Waals surface area contributed by atoms with Crippen molar-refractivity contribution in [2.75, 3.05) is 0 Å². The number of hydrogen-bond acceptors (Lipinski definition) is 12. The third-order valence-corrected chi connectivity index (χ3v) is 11.2. The first-order chi connectivity index (χ1) is 20.2. The Labute approximate surface area is 276 Å². The molecule has 0 aliphatic carbocycles. The highest BCUT2D eigenvalue weighted by molar-refractivity contribution is 8.00. The zero-order valence-electron chi connectivity index (χ0n) is 30.8. The van der Waals surface area contributed by atoms with Crippen molar-refractivity contribution in [1.82, 2.24) is 15.2 Å². The highest BCUT2D eigenvalue weighted by Gasteiger charge is 2.58. The molecule has 0 amide bonds. The summed E-state index contributed by atoms with van der Waals surface area (Å²) in [7, 11) is -2.94. The lowest BCUT2D eigenvalue weighted by Gasteiger charge is -2.55. The van der Waals surface area contributed by atoms with Gasteiger partial charge in [0.15, 0.2) is 0 Å². The number of carbonyl (C=O) groups is 3. The monoisotopic (exact) mass is 673 g/mol. The van der Waals surface area contributed by atoms with E-state index in [-0.39, 0.29) is 38.5 Å². The number of carbonyl (C=O) groups excluding carboxylic acids is 3. The van der Waals surface area contributed by atoms with Gasteiger partial charge in [0, 0.05) is 71.8 Å². The maximum atomic E-state index is 14.1. The molecule has 0 bridgehead atoms. The average molecular weight is 674 g/mol. The molecule has 3 heterocycles. The van der Waals surface area contributed by atoms with Gasteiger partial charge >= 0.3 is 17.1 Å². The molecule has 3 saturated heterocycles. The highest BCUT2D eigenvalue weighted by atomic mass is 31.1. The van der Waals surface area contributed by atoms with E-state index in [1.807, 2.05) is 83.1 Å². The minimum absolute atomic E-state index is 0.248. The Morgan fingerprint density at radius 2 is 0.565 bits per heavy atom. The van der Waals surface area contributed by atoms with Crippen LogP contribution in [0.25, 0.3) is 0 Å². The van der Waals surface area contributed by atoms with E-state index < -0.39 is 75.1 Å². The van der Waals surface area contributed by atoms with Crippen LogP contribution in [0, 0.1) is 0 Å². The number of nitrogens with zero attached hydrogens (tertiary/aromatic N) is 3. The Morgan fingerprint density at radius 3 is 0.717 bits per heavy atom. The van der Waals surface area contributed by atoms with Crippen LogP contribution in [0.1, 0.15) is 142 Å². The highest BCUT2D eigenvalue weighted by Crippen LogP contribution is 2.53. The lowest BCUT2D eigenvalue weighted by molar-refractivity contribution is -0.271. The summed E-state index contributed by atoms with van der Waals surface area (Å²) in [5, 5.41) is 36.3. The largest absolute Gasteiger partial charge is 0.455 e. The van der Waals surface area contributed by atoms with Gasteiger partial charge in [0.05, 0.1) is 0 Å². The molecule has 0 atom stereocenters. The number of hydrogen-bond donors (Lipinski definition) is 3. The molecule has 0 saturated carbocycles. The molecule has 3 aliphatic rings. The number of piperidine rings is 3. The van der Waals surface area contributed by atoms with E-state index in [9.17, 15) is 30.0 Å². The number of hydroxylamine groups is 6. The Hall–Kier alpha value is -1.40. The molecule has 13 heteroatoms. The molecule has 3 fully saturated rings. The summed E-state index contributed by atoms with van der Waals surface area (Å²) in [5.41, 5.74) is -11.0. The molecule has 0 radical (unpaired) electrons. The van der Waals surface area contributed by atoms with Crippen molar-refractivity contribution in [3.8, 4) is 0 Å². The number of rotatable bonds is 6. The van der Waals surface area contributed by atoms with Gasteiger partial charge in [-0.15, -0.1) is 0 Å². The van der Waals surface area contributed by atoms with Gasteiger partial charge in [-0.25, -0.2) is 14.4 Å². The molecule has 3 rings (SSSR count). The topological polar surface area (TPSA) is 149 Å². The van der Waals surface area contributed by atoms with Crippen molar-refractivity contribution in [2.45, 2.75) is 192 Å². The van der Waals surface area contributed by atoms with Crippen LogP contribution < -0.4 is 0 Å². The van der Waals surface area contributed by atoms with Crippen molar-refractivity contribution < 1.29 is 44.2 Å². The molecule has 3 N–H and O–H groups in total. The summed E-state index contributed by atoms with van der Waals surface area (Å²) in [6, 6.07) is 0. The summed E-state index contributed by atoms with van der Waals surface area (Å²) in [6.45, 7) is 27.3. The summed E-state index contributed by atoms with van der Waals surface area (Å²) in [5.74, 6) is 0. The summed E-state index contributed by atoms with van der Waals surface area (Å²) in [4.78, 5) is 42.4. The summed E-state index contributed by atoms with van der Waals surface area (Å²) >= 11 is 0. The average Bonchev–Trinajstić information content (AvgIpc) is 2.76. The molecule has 0 aromatic carbocycles. The minimum atomic E-state index is -2.94. The first-order valence-electron chi connectivity index (χ1n) is 16.2. The summed E-state index contributed by atoms with van der Waals surface area (Å²) < 4.78 is 18.3. The Balaban J connectivity index is 1.99. The third-order valence-electron chi connectivity index (χ3n) is 9.83. The van der Waals surface area contributed by atoms with Gasteiger partial charge in [0.2, 0.25) is 7.92 Å². The van der Waals surface area contributed by atoms with Crippen LogP contribution in [0.4, 0.5) is 14.4 Å². The van der Waals surface area contributed by atoms with Crippen molar-refractivity contribution in [3.05, 3.63) is 0 Å². The smallest absolute Gasteiger partial charge is 0.350 e. The molecular weight excluding hydrogens is 613 g/mol. The molecule has 46 heavy (non-hydrogen) atoms. The van der Waals surface area contributed by atoms with E-state index >= 15 is 0 Å². The first-order valence-corrected chi connectivity index (χ1v) is 17.5. The Morgan fingerprint density at radius 1 is 0.413 bits per heavy atom. The minimum Gasteiger partial charge on any atom is -0.455 e. The predicted octanol–water partition coefficient (Wildman–Crippen LogP) is 8.28. The van der Waals surface area contributed by atoms with Crippen molar-refractivity contribution >= 4 is 25.1 Å². The second-order valence-corrected chi connectivity index (χ2v) is 20.4. The molecule has 0 aromatic heterocycles. The Bertz CT molecular complexity index is 1030. The van der Waals surface area contributed by atoms with Gasteiger partial charge in [-0.05, 0) is 104 Å². The third kappa shape index (κ3) is 7.74. The van der Waals surface area contributed by atoms with Gasteiger partial charge in [-0.3, -0.25) is 0 Å². The molecule has 12 nitrogen and oxygen atoms in total. The van der Waals surface area contributed by atoms with Crippen LogP contribution >= 0.6 is 7.92 Å². The quantitative estimate of drug-likeness (QED) is 0.184.